The summed E-state index contributed by atoms with van der Waals surface area (Å²) >= 11 is 0. The first kappa shape index (κ1) is 22.7. The molecule has 0 saturated carbocycles. The maximum atomic E-state index is 11.7. The van der Waals surface area contributed by atoms with Gasteiger partial charge in [0.2, 0.25) is 6.41 Å². The Kier molecular flexibility index (Phi) is 8.99. The number of nitrogen functional groups attached to an aromatic ring is 1. The molecule has 0 fully saturated rings. The van der Waals surface area contributed by atoms with E-state index in [0.717, 1.165) is 22.6 Å². The maximum absolute atomic E-state index is 11.7. The summed E-state index contributed by atoms with van der Waals surface area (Å²) in [6, 6.07) is 9.58. The summed E-state index contributed by atoms with van der Waals surface area (Å²) in [6.45, 7) is 3.83. The summed E-state index contributed by atoms with van der Waals surface area (Å²) in [6.07, 6.45) is 2.80. The largest absolute Gasteiger partial charge is 0.396 e. The molecule has 3 N–H and O–H groups in total. The van der Waals surface area contributed by atoms with Crippen LogP contribution in [0.5, 0.6) is 0 Å². The Morgan fingerprint density at radius 1 is 1.45 bits per heavy atom. The number of nitrogens with two attached hydrogens (primary N) is 1. The number of rotatable bonds is 10. The number of benzene rings is 1. The van der Waals surface area contributed by atoms with Crippen LogP contribution in [0, 0.1) is 18.3 Å². The molecular weight excluding hydrogens is 406 g/mol. The minimum atomic E-state index is -0.0212. The highest BCUT2D eigenvalue weighted by molar-refractivity contribution is 8.77. The average molecular weight is 430 g/mol. The number of amides is 1. The highest BCUT2D eigenvalue weighted by Gasteiger charge is 2.14. The molecule has 0 aliphatic heterocycles. The lowest BCUT2D eigenvalue weighted by Crippen LogP contribution is -2.21. The molecule has 7 nitrogen and oxygen atoms in total. The predicted octanol–water partition coefficient (Wildman–Crippen LogP) is 3.39. The van der Waals surface area contributed by atoms with Gasteiger partial charge in [-0.15, -0.1) is 0 Å². The van der Waals surface area contributed by atoms with Gasteiger partial charge < -0.3 is 15.7 Å². The topological polar surface area (TPSA) is 116 Å². The molecule has 0 atom stereocenters. The summed E-state index contributed by atoms with van der Waals surface area (Å²) in [5.74, 6) is 1.62. The minimum Gasteiger partial charge on any atom is -0.396 e. The third-order valence-electron chi connectivity index (χ3n) is 4.10. The first-order chi connectivity index (χ1) is 14.0. The first-order valence-electron chi connectivity index (χ1n) is 8.87. The third-order valence-corrected chi connectivity index (χ3v) is 6.68. The number of carbonyl (C=O) groups excluding carboxylic acids is 1. The van der Waals surface area contributed by atoms with Crippen LogP contribution in [0.25, 0.3) is 0 Å². The Hall–Kier alpha value is -2.54. The molecule has 2 aromatic rings. The van der Waals surface area contributed by atoms with E-state index in [1.54, 1.807) is 34.9 Å². The first-order valence-corrected chi connectivity index (χ1v) is 11.2. The van der Waals surface area contributed by atoms with Crippen molar-refractivity contribution in [3.05, 3.63) is 63.6 Å². The van der Waals surface area contributed by atoms with Crippen LogP contribution < -0.4 is 5.73 Å². The van der Waals surface area contributed by atoms with Crippen molar-refractivity contribution in [1.82, 2.24) is 14.9 Å². The summed E-state index contributed by atoms with van der Waals surface area (Å²) < 4.78 is 0. The van der Waals surface area contributed by atoms with Crippen molar-refractivity contribution in [2.24, 2.45) is 0 Å². The number of aromatic nitrogens is 2. The number of anilines is 1. The molecule has 0 bridgehead atoms. The van der Waals surface area contributed by atoms with Gasteiger partial charge in [-0.2, -0.15) is 5.26 Å². The zero-order chi connectivity index (χ0) is 21.2. The predicted molar refractivity (Wildman–Crippen MR) is 117 cm³/mol. The molecule has 0 aliphatic rings. The van der Waals surface area contributed by atoms with Gasteiger partial charge in [0.25, 0.3) is 0 Å². The van der Waals surface area contributed by atoms with Crippen molar-refractivity contribution in [3.8, 4) is 6.07 Å². The van der Waals surface area contributed by atoms with Crippen LogP contribution >= 0.6 is 21.6 Å². The fourth-order valence-electron chi connectivity index (χ4n) is 2.50. The van der Waals surface area contributed by atoms with Crippen molar-refractivity contribution in [2.75, 3.05) is 12.3 Å². The van der Waals surface area contributed by atoms with E-state index in [1.165, 1.54) is 10.8 Å². The summed E-state index contributed by atoms with van der Waals surface area (Å²) in [4.78, 5) is 22.4. The number of aliphatic hydroxyl groups is 1. The molecular formula is C20H23N5O2S2. The number of hydrogen-bond donors (Lipinski definition) is 2. The van der Waals surface area contributed by atoms with E-state index in [-0.39, 0.29) is 13.2 Å². The van der Waals surface area contributed by atoms with Gasteiger partial charge >= 0.3 is 0 Å². The lowest BCUT2D eigenvalue weighted by Gasteiger charge is -2.22. The van der Waals surface area contributed by atoms with Crippen molar-refractivity contribution < 1.29 is 9.90 Å². The molecule has 0 saturated heterocycles. The van der Waals surface area contributed by atoms with E-state index in [2.05, 4.69) is 16.0 Å². The Morgan fingerprint density at radius 2 is 2.24 bits per heavy atom. The maximum Gasteiger partial charge on any atom is 0.214 e. The Balaban J connectivity index is 2.11. The van der Waals surface area contributed by atoms with Crippen LogP contribution in [0.4, 0.5) is 5.82 Å². The normalized spacial score (nSPS) is 11.5. The second-order valence-corrected chi connectivity index (χ2v) is 8.59. The van der Waals surface area contributed by atoms with Gasteiger partial charge in [0.15, 0.2) is 0 Å². The lowest BCUT2D eigenvalue weighted by atomic mass is 10.2. The second kappa shape index (κ2) is 11.5. The smallest absolute Gasteiger partial charge is 0.214 e. The number of aryl methyl sites for hydroxylation is 1. The van der Waals surface area contributed by atoms with Gasteiger partial charge in [0, 0.05) is 41.1 Å². The molecule has 0 spiro atoms. The molecule has 1 aromatic heterocycles. The van der Waals surface area contributed by atoms with Crippen molar-refractivity contribution >= 4 is 33.8 Å². The van der Waals surface area contributed by atoms with Crippen LogP contribution in [0.15, 0.2) is 41.1 Å². The third kappa shape index (κ3) is 6.78. The Bertz CT molecular complexity index is 927. The van der Waals surface area contributed by atoms with E-state index in [4.69, 9.17) is 11.0 Å². The van der Waals surface area contributed by atoms with Crippen LogP contribution in [0.1, 0.15) is 35.9 Å². The number of carbonyl (C=O) groups is 1. The lowest BCUT2D eigenvalue weighted by molar-refractivity contribution is -0.116. The molecule has 152 valence electrons. The highest BCUT2D eigenvalue weighted by Crippen LogP contribution is 2.37. The van der Waals surface area contributed by atoms with Crippen LogP contribution in [0.3, 0.4) is 0 Å². The molecule has 1 heterocycles. The van der Waals surface area contributed by atoms with Gasteiger partial charge in [0.1, 0.15) is 11.6 Å². The fraction of sp³-hybridized carbons (Fsp3) is 0.300. The van der Waals surface area contributed by atoms with E-state index in [9.17, 15) is 9.90 Å². The van der Waals surface area contributed by atoms with Crippen LogP contribution in [-0.4, -0.2) is 33.0 Å². The van der Waals surface area contributed by atoms with Gasteiger partial charge in [0.05, 0.1) is 18.2 Å². The number of allylic oxidation sites excluding steroid dienone is 1. The molecule has 0 aliphatic carbocycles. The number of hydrogen-bond acceptors (Lipinski definition) is 8. The average Bonchev–Trinajstić information content (AvgIpc) is 2.72. The minimum absolute atomic E-state index is 0.0212. The van der Waals surface area contributed by atoms with Crippen LogP contribution in [0.2, 0.25) is 0 Å². The quantitative estimate of drug-likeness (QED) is 0.436. The molecule has 2 rings (SSSR count). The van der Waals surface area contributed by atoms with E-state index < -0.39 is 0 Å². The van der Waals surface area contributed by atoms with Gasteiger partial charge in [-0.3, -0.25) is 4.79 Å². The molecule has 1 amide bonds. The SMILES string of the molecule is C/C(=C(\CCO)SSCc1cccc(C#N)c1)N(C=O)Cc1cnc(C)nc1N. The van der Waals surface area contributed by atoms with E-state index in [0.29, 0.717) is 34.9 Å². The number of aliphatic hydroxyl groups excluding tert-OH is 1. The zero-order valence-electron chi connectivity index (χ0n) is 16.3. The second-order valence-electron chi connectivity index (χ2n) is 6.20. The Morgan fingerprint density at radius 3 is 2.90 bits per heavy atom. The fourth-order valence-corrected chi connectivity index (χ4v) is 5.05. The number of nitriles is 1. The van der Waals surface area contributed by atoms with Gasteiger partial charge in [-0.05, 0) is 31.5 Å². The summed E-state index contributed by atoms with van der Waals surface area (Å²) in [5, 5.41) is 18.5. The van der Waals surface area contributed by atoms with Crippen LogP contribution in [-0.2, 0) is 17.1 Å². The standard InChI is InChI=1S/C20H23N5O2S2/c1-14(25(13-27)11-18-10-23-15(2)24-20(18)22)19(6-7-26)29-28-12-17-5-3-4-16(8-17)9-21/h3-5,8,10,13,26H,6-7,11-12H2,1-2H3,(H2,22,23,24)/b19-14-. The number of nitrogens with zero attached hydrogens (tertiary/aromatic N) is 4. The van der Waals surface area contributed by atoms with E-state index in [1.807, 2.05) is 25.1 Å². The summed E-state index contributed by atoms with van der Waals surface area (Å²) in [7, 11) is 3.10. The van der Waals surface area contributed by atoms with Gasteiger partial charge in [-0.25, -0.2) is 9.97 Å². The van der Waals surface area contributed by atoms with E-state index >= 15 is 0 Å². The molecule has 9 heteroatoms. The monoisotopic (exact) mass is 429 g/mol. The summed E-state index contributed by atoms with van der Waals surface area (Å²) in [5.41, 5.74) is 9.02. The molecule has 0 unspecified atom stereocenters. The highest BCUT2D eigenvalue weighted by atomic mass is 33.1. The zero-order valence-corrected chi connectivity index (χ0v) is 18.0. The molecule has 0 radical (unpaired) electrons. The van der Waals surface area contributed by atoms with Crippen molar-refractivity contribution in [1.29, 1.82) is 5.26 Å². The van der Waals surface area contributed by atoms with Crippen molar-refractivity contribution in [3.63, 3.8) is 0 Å². The Labute approximate surface area is 178 Å². The molecule has 29 heavy (non-hydrogen) atoms. The van der Waals surface area contributed by atoms with Crippen molar-refractivity contribution in [2.45, 2.75) is 32.6 Å². The molecule has 1 aromatic carbocycles. The van der Waals surface area contributed by atoms with Gasteiger partial charge in [-0.1, -0.05) is 33.7 Å².